The second-order valence-corrected chi connectivity index (χ2v) is 7.88. The first kappa shape index (κ1) is 18.9. The minimum absolute atomic E-state index is 0.114. The summed E-state index contributed by atoms with van der Waals surface area (Å²) in [7, 11) is 0. The Labute approximate surface area is 161 Å². The third-order valence-corrected chi connectivity index (χ3v) is 4.67. The zero-order valence-corrected chi connectivity index (χ0v) is 16.7. The van der Waals surface area contributed by atoms with Crippen molar-refractivity contribution in [2.24, 2.45) is 0 Å². The van der Waals surface area contributed by atoms with Crippen LogP contribution in [0.2, 0.25) is 0 Å². The number of carbonyl (C=O) groups excluding carboxylic acids is 1. The van der Waals surface area contributed by atoms with Crippen molar-refractivity contribution in [3.63, 3.8) is 0 Å². The number of hydrogen-bond donors (Lipinski definition) is 1. The summed E-state index contributed by atoms with van der Waals surface area (Å²) in [6, 6.07) is 18.1. The highest BCUT2D eigenvalue weighted by Crippen LogP contribution is 2.27. The summed E-state index contributed by atoms with van der Waals surface area (Å²) in [5, 5.41) is 7.41. The van der Waals surface area contributed by atoms with Crippen molar-refractivity contribution in [3.05, 3.63) is 71.4 Å². The van der Waals surface area contributed by atoms with Crippen LogP contribution < -0.4 is 5.32 Å². The smallest absolute Gasteiger partial charge is 0.276 e. The normalized spacial score (nSPS) is 11.4. The van der Waals surface area contributed by atoms with Gasteiger partial charge in [0.25, 0.3) is 5.91 Å². The second kappa shape index (κ2) is 7.39. The summed E-state index contributed by atoms with van der Waals surface area (Å²) in [4.78, 5) is 12.6. The monoisotopic (exact) mass is 361 g/mol. The Kier molecular flexibility index (Phi) is 5.17. The third-order valence-electron chi connectivity index (χ3n) is 4.67. The summed E-state index contributed by atoms with van der Waals surface area (Å²) in [6.07, 6.45) is 0. The molecule has 0 bridgehead atoms. The molecule has 0 aliphatic heterocycles. The van der Waals surface area contributed by atoms with Crippen LogP contribution in [-0.4, -0.2) is 15.7 Å². The van der Waals surface area contributed by atoms with E-state index >= 15 is 0 Å². The topological polar surface area (TPSA) is 46.9 Å². The van der Waals surface area contributed by atoms with E-state index in [-0.39, 0.29) is 11.3 Å². The standard InChI is InChI=1S/C23H27N3O/c1-6-26-21(17-9-11-18(12-10-17)23(3,4)5)15-20(25-26)22(27)24-19-13-7-16(2)8-14-19/h7-15H,6H2,1-5H3,(H,24,27). The number of amides is 1. The number of rotatable bonds is 4. The average molecular weight is 361 g/mol. The molecule has 1 amide bonds. The fraction of sp³-hybridized carbons (Fsp3) is 0.304. The molecule has 1 heterocycles. The predicted octanol–water partition coefficient (Wildman–Crippen LogP) is 5.43. The van der Waals surface area contributed by atoms with Crippen LogP contribution in [0.3, 0.4) is 0 Å². The van der Waals surface area contributed by atoms with Gasteiger partial charge in [0.1, 0.15) is 0 Å². The quantitative estimate of drug-likeness (QED) is 0.674. The minimum Gasteiger partial charge on any atom is -0.321 e. The molecule has 1 N–H and O–H groups in total. The van der Waals surface area contributed by atoms with Gasteiger partial charge in [-0.2, -0.15) is 5.10 Å². The predicted molar refractivity (Wildman–Crippen MR) is 111 cm³/mol. The number of nitrogens with zero attached hydrogens (tertiary/aromatic N) is 2. The molecular weight excluding hydrogens is 334 g/mol. The lowest BCUT2D eigenvalue weighted by Gasteiger charge is -2.19. The van der Waals surface area contributed by atoms with E-state index in [4.69, 9.17) is 0 Å². The van der Waals surface area contributed by atoms with Gasteiger partial charge in [0, 0.05) is 12.2 Å². The molecule has 3 aromatic rings. The molecular formula is C23H27N3O. The van der Waals surface area contributed by atoms with Crippen LogP contribution in [0.25, 0.3) is 11.3 Å². The molecule has 2 aromatic carbocycles. The summed E-state index contributed by atoms with van der Waals surface area (Å²) < 4.78 is 1.87. The molecule has 4 nitrogen and oxygen atoms in total. The molecule has 140 valence electrons. The minimum atomic E-state index is -0.196. The lowest BCUT2D eigenvalue weighted by molar-refractivity contribution is 0.102. The zero-order chi connectivity index (χ0) is 19.6. The molecule has 0 atom stereocenters. The number of hydrogen-bond acceptors (Lipinski definition) is 2. The molecule has 1 aromatic heterocycles. The molecule has 0 fully saturated rings. The zero-order valence-electron chi connectivity index (χ0n) is 16.7. The van der Waals surface area contributed by atoms with Crippen LogP contribution in [0.4, 0.5) is 5.69 Å². The Balaban J connectivity index is 1.86. The number of aryl methyl sites for hydroxylation is 2. The number of carbonyl (C=O) groups is 1. The fourth-order valence-corrected chi connectivity index (χ4v) is 2.97. The Hall–Kier alpha value is -2.88. The van der Waals surface area contributed by atoms with Gasteiger partial charge in [-0.1, -0.05) is 62.7 Å². The van der Waals surface area contributed by atoms with Crippen LogP contribution in [-0.2, 0) is 12.0 Å². The molecule has 0 aliphatic rings. The number of benzene rings is 2. The highest BCUT2D eigenvalue weighted by atomic mass is 16.1. The summed E-state index contributed by atoms with van der Waals surface area (Å²) >= 11 is 0. The van der Waals surface area contributed by atoms with Crippen LogP contribution in [0, 0.1) is 6.92 Å². The van der Waals surface area contributed by atoms with Gasteiger partial charge in [-0.25, -0.2) is 0 Å². The van der Waals surface area contributed by atoms with Crippen molar-refractivity contribution in [3.8, 4) is 11.3 Å². The molecule has 27 heavy (non-hydrogen) atoms. The lowest BCUT2D eigenvalue weighted by Crippen LogP contribution is -2.13. The highest BCUT2D eigenvalue weighted by Gasteiger charge is 2.17. The molecule has 0 saturated heterocycles. The maximum absolute atomic E-state index is 12.6. The number of anilines is 1. The van der Waals surface area contributed by atoms with Crippen molar-refractivity contribution in [1.29, 1.82) is 0 Å². The Morgan fingerprint density at radius 1 is 1.04 bits per heavy atom. The molecule has 0 saturated carbocycles. The van der Waals surface area contributed by atoms with E-state index in [1.165, 1.54) is 5.56 Å². The molecule has 3 rings (SSSR count). The first-order valence-electron chi connectivity index (χ1n) is 9.34. The van der Waals surface area contributed by atoms with Gasteiger partial charge in [0.2, 0.25) is 0 Å². The van der Waals surface area contributed by atoms with Gasteiger partial charge >= 0.3 is 0 Å². The SMILES string of the molecule is CCn1nc(C(=O)Nc2ccc(C)cc2)cc1-c1ccc(C(C)(C)C)cc1. The number of aromatic nitrogens is 2. The van der Waals surface area contributed by atoms with E-state index < -0.39 is 0 Å². The molecule has 0 radical (unpaired) electrons. The number of nitrogens with one attached hydrogen (secondary N) is 1. The van der Waals surface area contributed by atoms with Crippen LogP contribution >= 0.6 is 0 Å². The van der Waals surface area contributed by atoms with Crippen molar-refractivity contribution in [1.82, 2.24) is 9.78 Å². The molecule has 4 heteroatoms. The summed E-state index contributed by atoms with van der Waals surface area (Å²) in [5.41, 5.74) is 5.76. The van der Waals surface area contributed by atoms with Crippen LogP contribution in [0.5, 0.6) is 0 Å². The van der Waals surface area contributed by atoms with Gasteiger partial charge in [0.05, 0.1) is 5.69 Å². The van der Waals surface area contributed by atoms with E-state index in [2.05, 4.69) is 55.5 Å². The molecule has 0 aliphatic carbocycles. The van der Waals surface area contributed by atoms with Gasteiger partial charge in [0.15, 0.2) is 5.69 Å². The van der Waals surface area contributed by atoms with Gasteiger partial charge in [-0.05, 0) is 48.6 Å². The van der Waals surface area contributed by atoms with Gasteiger partial charge in [-0.3, -0.25) is 9.48 Å². The average Bonchev–Trinajstić information content (AvgIpc) is 3.07. The van der Waals surface area contributed by atoms with E-state index in [9.17, 15) is 4.79 Å². The van der Waals surface area contributed by atoms with E-state index in [0.717, 1.165) is 22.5 Å². The fourth-order valence-electron chi connectivity index (χ4n) is 2.97. The van der Waals surface area contributed by atoms with Crippen molar-refractivity contribution >= 4 is 11.6 Å². The summed E-state index contributed by atoms with van der Waals surface area (Å²) in [6.45, 7) is 11.4. The lowest BCUT2D eigenvalue weighted by atomic mass is 9.86. The maximum atomic E-state index is 12.6. The highest BCUT2D eigenvalue weighted by molar-refractivity contribution is 6.03. The van der Waals surface area contributed by atoms with Crippen LogP contribution in [0.1, 0.15) is 49.3 Å². The largest absolute Gasteiger partial charge is 0.321 e. The van der Waals surface area contributed by atoms with Gasteiger partial charge in [-0.15, -0.1) is 0 Å². The van der Waals surface area contributed by atoms with E-state index in [1.807, 2.05) is 48.9 Å². The third kappa shape index (κ3) is 4.27. The Morgan fingerprint density at radius 2 is 1.67 bits per heavy atom. The van der Waals surface area contributed by atoms with E-state index in [1.54, 1.807) is 0 Å². The summed E-state index contributed by atoms with van der Waals surface area (Å²) in [5.74, 6) is -0.196. The van der Waals surface area contributed by atoms with Gasteiger partial charge < -0.3 is 5.32 Å². The van der Waals surface area contributed by atoms with Crippen molar-refractivity contribution in [2.45, 2.75) is 46.6 Å². The Bertz CT molecular complexity index is 929. The first-order valence-corrected chi connectivity index (χ1v) is 9.34. The van der Waals surface area contributed by atoms with Crippen LogP contribution in [0.15, 0.2) is 54.6 Å². The first-order chi connectivity index (χ1) is 12.8. The Morgan fingerprint density at radius 3 is 2.22 bits per heavy atom. The van der Waals surface area contributed by atoms with Crippen molar-refractivity contribution < 1.29 is 4.79 Å². The van der Waals surface area contributed by atoms with Crippen molar-refractivity contribution in [2.75, 3.05) is 5.32 Å². The maximum Gasteiger partial charge on any atom is 0.276 e. The molecule has 0 unspecified atom stereocenters. The molecule has 0 spiro atoms. The van der Waals surface area contributed by atoms with E-state index in [0.29, 0.717) is 12.2 Å². The second-order valence-electron chi connectivity index (χ2n) is 7.88.